The van der Waals surface area contributed by atoms with Crippen molar-refractivity contribution in [3.63, 3.8) is 0 Å². The summed E-state index contributed by atoms with van der Waals surface area (Å²) in [6, 6.07) is 19.1. The van der Waals surface area contributed by atoms with Gasteiger partial charge in [0.1, 0.15) is 5.82 Å². The third-order valence-corrected chi connectivity index (χ3v) is 8.81. The van der Waals surface area contributed by atoms with Gasteiger partial charge in [0.25, 0.3) is 5.56 Å². The van der Waals surface area contributed by atoms with Gasteiger partial charge in [-0.25, -0.2) is 14.2 Å². The highest BCUT2D eigenvalue weighted by Gasteiger charge is 2.31. The number of hydrogen-bond acceptors (Lipinski definition) is 7. The Bertz CT molecular complexity index is 2130. The van der Waals surface area contributed by atoms with Gasteiger partial charge in [-0.05, 0) is 68.3 Å². The van der Waals surface area contributed by atoms with Gasteiger partial charge in [-0.15, -0.1) is 0 Å². The van der Waals surface area contributed by atoms with Crippen LogP contribution in [0.1, 0.15) is 42.3 Å². The van der Waals surface area contributed by atoms with E-state index in [4.69, 9.17) is 14.2 Å². The summed E-state index contributed by atoms with van der Waals surface area (Å²) >= 11 is 1.26. The lowest BCUT2D eigenvalue weighted by Crippen LogP contribution is -2.39. The van der Waals surface area contributed by atoms with E-state index in [2.05, 4.69) is 9.56 Å². The van der Waals surface area contributed by atoms with Crippen LogP contribution >= 0.6 is 11.3 Å². The minimum Gasteiger partial charge on any atom is -0.490 e. The van der Waals surface area contributed by atoms with Crippen LogP contribution in [-0.2, 0) is 16.1 Å². The van der Waals surface area contributed by atoms with Crippen molar-refractivity contribution in [1.29, 1.82) is 0 Å². The molecule has 0 bridgehead atoms. The highest BCUT2D eigenvalue weighted by molar-refractivity contribution is 7.07. The van der Waals surface area contributed by atoms with Gasteiger partial charge < -0.3 is 18.8 Å². The number of para-hydroxylation sites is 1. The number of ether oxygens (including phenoxy) is 3. The van der Waals surface area contributed by atoms with E-state index >= 15 is 0 Å². The smallest absolute Gasteiger partial charge is 0.337 e. The SMILES string of the molecule is CCOc1ccc([C@H]2C(C(=O)OC)=CN=c3s/c(=C/c4c(C)n(Cc5ccc(F)cc5)c5ccccc45)c(=O)n32)cc1OCC. The van der Waals surface area contributed by atoms with Gasteiger partial charge in [0.2, 0.25) is 0 Å². The van der Waals surface area contributed by atoms with Gasteiger partial charge in [0.05, 0.1) is 36.5 Å². The van der Waals surface area contributed by atoms with Gasteiger partial charge in [-0.2, -0.15) is 0 Å². The van der Waals surface area contributed by atoms with Crippen LogP contribution in [0.15, 0.2) is 88.3 Å². The number of esters is 1. The predicted molar refractivity (Wildman–Crippen MR) is 172 cm³/mol. The van der Waals surface area contributed by atoms with Crippen LogP contribution in [0.2, 0.25) is 0 Å². The lowest BCUT2D eigenvalue weighted by Gasteiger charge is -2.23. The van der Waals surface area contributed by atoms with E-state index in [-0.39, 0.29) is 16.9 Å². The van der Waals surface area contributed by atoms with Crippen LogP contribution in [0.5, 0.6) is 11.5 Å². The molecule has 10 heteroatoms. The van der Waals surface area contributed by atoms with Crippen LogP contribution in [0.4, 0.5) is 4.39 Å². The number of halogens is 1. The van der Waals surface area contributed by atoms with Crippen molar-refractivity contribution in [3.05, 3.63) is 126 Å². The molecule has 230 valence electrons. The quantitative estimate of drug-likeness (QED) is 0.209. The molecular formula is C35H32FN3O5S. The van der Waals surface area contributed by atoms with Crippen molar-refractivity contribution in [2.24, 2.45) is 4.99 Å². The van der Waals surface area contributed by atoms with Crippen molar-refractivity contribution in [2.45, 2.75) is 33.4 Å². The molecule has 0 radical (unpaired) electrons. The fourth-order valence-corrected chi connectivity index (χ4v) is 6.69. The minimum absolute atomic E-state index is 0.232. The second-order valence-electron chi connectivity index (χ2n) is 10.5. The monoisotopic (exact) mass is 625 g/mol. The predicted octanol–water partition coefficient (Wildman–Crippen LogP) is 5.27. The summed E-state index contributed by atoms with van der Waals surface area (Å²) in [6.45, 7) is 7.21. The Morgan fingerprint density at radius 2 is 1.76 bits per heavy atom. The molecule has 3 aromatic carbocycles. The number of carbonyl (C=O) groups excluding carboxylic acids is 1. The summed E-state index contributed by atoms with van der Waals surface area (Å²) < 4.78 is 34.4. The highest BCUT2D eigenvalue weighted by atomic mass is 32.1. The summed E-state index contributed by atoms with van der Waals surface area (Å²) in [5.74, 6) is 0.234. The molecule has 0 saturated heterocycles. The maximum atomic E-state index is 14.2. The van der Waals surface area contributed by atoms with Gasteiger partial charge in [0, 0.05) is 34.9 Å². The van der Waals surface area contributed by atoms with Gasteiger partial charge in [-0.3, -0.25) is 9.36 Å². The molecule has 1 atom stereocenters. The van der Waals surface area contributed by atoms with Crippen LogP contribution in [0.3, 0.4) is 0 Å². The van der Waals surface area contributed by atoms with E-state index in [1.165, 1.54) is 36.8 Å². The molecule has 1 aliphatic rings. The van der Waals surface area contributed by atoms with Crippen LogP contribution in [-0.4, -0.2) is 35.4 Å². The summed E-state index contributed by atoms with van der Waals surface area (Å²) in [4.78, 5) is 32.2. The molecular weight excluding hydrogens is 593 g/mol. The lowest BCUT2D eigenvalue weighted by atomic mass is 9.97. The number of thiazole rings is 1. The maximum absolute atomic E-state index is 14.2. The number of fused-ring (bicyclic) bond motifs is 2. The standard InChI is InChI=1S/C35H32FN3O5S/c1-5-43-29-16-13-23(17-30(29)44-6-2)32-27(34(41)42-4)19-37-35-39(32)33(40)31(45-35)18-26-21(3)38(28-10-8-7-9-25(26)28)20-22-11-14-24(36)15-12-22/h7-19,32H,5-6,20H2,1-4H3/b31-18+/t32-/m0/s1. The van der Waals surface area contributed by atoms with Crippen molar-refractivity contribution >= 4 is 34.3 Å². The average molecular weight is 626 g/mol. The molecule has 6 rings (SSSR count). The molecule has 2 aromatic heterocycles. The van der Waals surface area contributed by atoms with E-state index in [0.29, 0.717) is 46.2 Å². The minimum atomic E-state index is -0.786. The van der Waals surface area contributed by atoms with Crippen LogP contribution in [0, 0.1) is 12.7 Å². The van der Waals surface area contributed by atoms with Crippen molar-refractivity contribution < 1.29 is 23.4 Å². The molecule has 5 aromatic rings. The fourth-order valence-electron chi connectivity index (χ4n) is 5.73. The zero-order chi connectivity index (χ0) is 31.7. The number of carbonyl (C=O) groups is 1. The maximum Gasteiger partial charge on any atom is 0.337 e. The molecule has 0 fully saturated rings. The number of aromatic nitrogens is 2. The van der Waals surface area contributed by atoms with Gasteiger partial charge >= 0.3 is 5.97 Å². The van der Waals surface area contributed by atoms with Crippen LogP contribution in [0.25, 0.3) is 17.0 Å². The molecule has 0 unspecified atom stereocenters. The molecule has 0 saturated carbocycles. The Kier molecular flexibility index (Phi) is 8.40. The first-order valence-corrected chi connectivity index (χ1v) is 15.5. The topological polar surface area (TPSA) is 84.0 Å². The second kappa shape index (κ2) is 12.6. The van der Waals surface area contributed by atoms with Crippen molar-refractivity contribution in [1.82, 2.24) is 9.13 Å². The fraction of sp³-hybridized carbons (Fsp3) is 0.229. The van der Waals surface area contributed by atoms with E-state index in [9.17, 15) is 14.0 Å². The third-order valence-electron chi connectivity index (χ3n) is 7.82. The molecule has 0 spiro atoms. The number of hydrogen-bond donors (Lipinski definition) is 0. The van der Waals surface area contributed by atoms with Gasteiger partial charge in [0.15, 0.2) is 16.3 Å². The Labute approximate surface area is 262 Å². The first kappa shape index (κ1) is 30.1. The molecule has 45 heavy (non-hydrogen) atoms. The van der Waals surface area contributed by atoms with Crippen molar-refractivity contribution in [3.8, 4) is 11.5 Å². The molecule has 0 aliphatic carbocycles. The summed E-state index contributed by atoms with van der Waals surface area (Å²) in [5.41, 5.74) is 4.45. The normalized spacial score (nSPS) is 14.6. The molecule has 3 heterocycles. The first-order chi connectivity index (χ1) is 21.8. The summed E-state index contributed by atoms with van der Waals surface area (Å²) in [5, 5.41) is 0.989. The van der Waals surface area contributed by atoms with E-state index in [1.54, 1.807) is 28.8 Å². The van der Waals surface area contributed by atoms with Crippen molar-refractivity contribution in [2.75, 3.05) is 20.3 Å². The number of benzene rings is 3. The molecule has 1 aliphatic heterocycles. The Morgan fingerprint density at radius 3 is 2.49 bits per heavy atom. The Hall–Kier alpha value is -4.96. The largest absolute Gasteiger partial charge is 0.490 e. The Morgan fingerprint density at radius 1 is 1.02 bits per heavy atom. The lowest BCUT2D eigenvalue weighted by molar-refractivity contribution is -0.136. The Balaban J connectivity index is 1.51. The average Bonchev–Trinajstić information content (AvgIpc) is 3.51. The number of nitrogens with zero attached hydrogens (tertiary/aromatic N) is 3. The third kappa shape index (κ3) is 5.57. The van der Waals surface area contributed by atoms with Crippen LogP contribution < -0.4 is 24.4 Å². The number of rotatable bonds is 9. The first-order valence-electron chi connectivity index (χ1n) is 14.7. The zero-order valence-corrected chi connectivity index (χ0v) is 26.2. The summed E-state index contributed by atoms with van der Waals surface area (Å²) in [6.07, 6.45) is 3.37. The summed E-state index contributed by atoms with van der Waals surface area (Å²) in [7, 11) is 1.31. The zero-order valence-electron chi connectivity index (χ0n) is 25.4. The van der Waals surface area contributed by atoms with E-state index < -0.39 is 12.0 Å². The molecule has 0 N–H and O–H groups in total. The van der Waals surface area contributed by atoms with Gasteiger partial charge in [-0.1, -0.05) is 47.7 Å². The highest BCUT2D eigenvalue weighted by Crippen LogP contribution is 2.35. The van der Waals surface area contributed by atoms with E-state index in [0.717, 1.165) is 27.7 Å². The number of methoxy groups -OCH3 is 1. The second-order valence-corrected chi connectivity index (χ2v) is 11.5. The van der Waals surface area contributed by atoms with E-state index in [1.807, 2.05) is 57.2 Å². The molecule has 0 amide bonds. The molecule has 8 nitrogen and oxygen atoms in total.